The number of para-hydroxylation sites is 1. The second-order valence-corrected chi connectivity index (χ2v) is 4.94. The highest BCUT2D eigenvalue weighted by Crippen LogP contribution is 2.42. The number of aliphatic imine (C=N–C) groups is 1. The average molecular weight is 266 g/mol. The molecule has 100 valence electrons. The summed E-state index contributed by atoms with van der Waals surface area (Å²) in [5.41, 5.74) is 3.05. The number of benzene rings is 2. The molecular formula is C16H14N2O2. The number of nitro benzene ring substituents is 1. The van der Waals surface area contributed by atoms with Crippen molar-refractivity contribution in [1.29, 1.82) is 0 Å². The lowest BCUT2D eigenvalue weighted by atomic mass is 10.0. The van der Waals surface area contributed by atoms with E-state index in [9.17, 15) is 10.1 Å². The fourth-order valence-corrected chi connectivity index (χ4v) is 2.20. The Kier molecular flexibility index (Phi) is 3.29. The maximum atomic E-state index is 10.9. The van der Waals surface area contributed by atoms with Gasteiger partial charge in [-0.25, -0.2) is 0 Å². The first-order chi connectivity index (χ1) is 9.74. The molecule has 0 saturated heterocycles. The summed E-state index contributed by atoms with van der Waals surface area (Å²) < 4.78 is 0. The highest BCUT2D eigenvalue weighted by molar-refractivity contribution is 5.85. The van der Waals surface area contributed by atoms with Crippen LogP contribution in [-0.4, -0.2) is 11.1 Å². The van der Waals surface area contributed by atoms with Crippen molar-refractivity contribution in [3.63, 3.8) is 0 Å². The summed E-state index contributed by atoms with van der Waals surface area (Å²) in [6.07, 6.45) is 4.01. The van der Waals surface area contributed by atoms with Crippen LogP contribution in [0.2, 0.25) is 0 Å². The smallest absolute Gasteiger partial charge is 0.258 e. The first-order valence-corrected chi connectivity index (χ1v) is 6.61. The zero-order valence-corrected chi connectivity index (χ0v) is 10.9. The molecule has 4 nitrogen and oxygen atoms in total. The molecule has 0 spiro atoms. The van der Waals surface area contributed by atoms with E-state index < -0.39 is 0 Å². The lowest BCUT2D eigenvalue weighted by molar-refractivity contribution is -0.384. The SMILES string of the molecule is O=[N+]([O-])c1ccc(C=Nc2ccccc2)c(C2CC2)c1. The van der Waals surface area contributed by atoms with Crippen LogP contribution in [0.25, 0.3) is 0 Å². The Hall–Kier alpha value is -2.49. The predicted octanol–water partition coefficient (Wildman–Crippen LogP) is 4.22. The molecule has 20 heavy (non-hydrogen) atoms. The Bertz CT molecular complexity index is 661. The first kappa shape index (κ1) is 12.5. The van der Waals surface area contributed by atoms with Gasteiger partial charge in [-0.05, 0) is 48.1 Å². The minimum absolute atomic E-state index is 0.156. The van der Waals surface area contributed by atoms with E-state index in [0.717, 1.165) is 29.7 Å². The van der Waals surface area contributed by atoms with Gasteiger partial charge in [0, 0.05) is 18.3 Å². The van der Waals surface area contributed by atoms with E-state index in [4.69, 9.17) is 0 Å². The molecule has 0 heterocycles. The molecule has 1 aliphatic carbocycles. The Morgan fingerprint density at radius 2 is 1.90 bits per heavy atom. The zero-order valence-electron chi connectivity index (χ0n) is 10.9. The third-order valence-electron chi connectivity index (χ3n) is 3.41. The second-order valence-electron chi connectivity index (χ2n) is 4.94. The fraction of sp³-hybridized carbons (Fsp3) is 0.188. The van der Waals surface area contributed by atoms with Gasteiger partial charge in [0.25, 0.3) is 5.69 Å². The van der Waals surface area contributed by atoms with E-state index in [2.05, 4.69) is 4.99 Å². The fourth-order valence-electron chi connectivity index (χ4n) is 2.20. The Labute approximate surface area is 116 Å². The molecule has 2 aromatic rings. The van der Waals surface area contributed by atoms with E-state index in [0.29, 0.717) is 5.92 Å². The van der Waals surface area contributed by atoms with Gasteiger partial charge in [0.15, 0.2) is 0 Å². The number of hydrogen-bond acceptors (Lipinski definition) is 3. The maximum Gasteiger partial charge on any atom is 0.269 e. The molecular weight excluding hydrogens is 252 g/mol. The molecule has 2 aromatic carbocycles. The van der Waals surface area contributed by atoms with Gasteiger partial charge in [-0.2, -0.15) is 0 Å². The van der Waals surface area contributed by atoms with Crippen molar-refractivity contribution >= 4 is 17.6 Å². The van der Waals surface area contributed by atoms with E-state index in [1.807, 2.05) is 30.3 Å². The maximum absolute atomic E-state index is 10.9. The summed E-state index contributed by atoms with van der Waals surface area (Å²) in [6, 6.07) is 14.7. The molecule has 0 radical (unpaired) electrons. The second kappa shape index (κ2) is 5.25. The molecule has 0 atom stereocenters. The minimum Gasteiger partial charge on any atom is -0.258 e. The van der Waals surface area contributed by atoms with Gasteiger partial charge in [0.05, 0.1) is 10.6 Å². The lowest BCUT2D eigenvalue weighted by Gasteiger charge is -2.04. The molecule has 1 fully saturated rings. The summed E-state index contributed by atoms with van der Waals surface area (Å²) in [5, 5.41) is 10.9. The summed E-state index contributed by atoms with van der Waals surface area (Å²) in [5.74, 6) is 0.451. The van der Waals surface area contributed by atoms with Crippen LogP contribution >= 0.6 is 0 Å². The van der Waals surface area contributed by atoms with Crippen molar-refractivity contribution in [2.45, 2.75) is 18.8 Å². The summed E-state index contributed by atoms with van der Waals surface area (Å²) in [6.45, 7) is 0. The normalized spacial score (nSPS) is 14.6. The molecule has 0 aliphatic heterocycles. The quantitative estimate of drug-likeness (QED) is 0.472. The van der Waals surface area contributed by atoms with E-state index in [-0.39, 0.29) is 10.6 Å². The van der Waals surface area contributed by atoms with Crippen LogP contribution in [-0.2, 0) is 0 Å². The predicted molar refractivity (Wildman–Crippen MR) is 78.8 cm³/mol. The molecule has 0 amide bonds. The number of hydrogen-bond donors (Lipinski definition) is 0. The molecule has 0 unspecified atom stereocenters. The molecule has 1 aliphatic rings. The lowest BCUT2D eigenvalue weighted by Crippen LogP contribution is -1.95. The molecule has 0 N–H and O–H groups in total. The number of nitro groups is 1. The van der Waals surface area contributed by atoms with Gasteiger partial charge >= 0.3 is 0 Å². The third kappa shape index (κ3) is 2.74. The highest BCUT2D eigenvalue weighted by Gasteiger charge is 2.27. The molecule has 3 rings (SSSR count). The van der Waals surface area contributed by atoms with Crippen molar-refractivity contribution in [2.24, 2.45) is 4.99 Å². The standard InChI is InChI=1S/C16H14N2O2/c19-18(20)15-9-8-13(16(10-15)12-6-7-12)11-17-14-4-2-1-3-5-14/h1-5,8-12H,6-7H2. The van der Waals surface area contributed by atoms with Crippen LogP contribution < -0.4 is 0 Å². The average Bonchev–Trinajstić information content (AvgIpc) is 3.30. The minimum atomic E-state index is -0.343. The summed E-state index contributed by atoms with van der Waals surface area (Å²) in [4.78, 5) is 14.9. The molecule has 4 heteroatoms. The molecule has 1 saturated carbocycles. The van der Waals surface area contributed by atoms with Crippen LogP contribution in [0, 0.1) is 10.1 Å². The Morgan fingerprint density at radius 3 is 2.55 bits per heavy atom. The van der Waals surface area contributed by atoms with Crippen LogP contribution in [0.1, 0.15) is 29.9 Å². The van der Waals surface area contributed by atoms with Crippen LogP contribution in [0.15, 0.2) is 53.5 Å². The number of rotatable bonds is 4. The first-order valence-electron chi connectivity index (χ1n) is 6.61. The monoisotopic (exact) mass is 266 g/mol. The van der Waals surface area contributed by atoms with Crippen molar-refractivity contribution in [3.05, 3.63) is 69.8 Å². The summed E-state index contributed by atoms with van der Waals surface area (Å²) >= 11 is 0. The highest BCUT2D eigenvalue weighted by atomic mass is 16.6. The van der Waals surface area contributed by atoms with Gasteiger partial charge in [-0.1, -0.05) is 18.2 Å². The van der Waals surface area contributed by atoms with Crippen molar-refractivity contribution in [3.8, 4) is 0 Å². The van der Waals surface area contributed by atoms with Crippen molar-refractivity contribution in [2.75, 3.05) is 0 Å². The van der Waals surface area contributed by atoms with E-state index >= 15 is 0 Å². The number of non-ortho nitro benzene ring substituents is 1. The molecule has 0 aromatic heterocycles. The molecule has 0 bridgehead atoms. The van der Waals surface area contributed by atoms with E-state index in [1.165, 1.54) is 6.07 Å². The van der Waals surface area contributed by atoms with Gasteiger partial charge in [0.1, 0.15) is 0 Å². The van der Waals surface area contributed by atoms with Crippen LogP contribution in [0.4, 0.5) is 11.4 Å². The van der Waals surface area contributed by atoms with Gasteiger partial charge in [-0.15, -0.1) is 0 Å². The van der Waals surface area contributed by atoms with Gasteiger partial charge in [0.2, 0.25) is 0 Å². The van der Waals surface area contributed by atoms with Gasteiger partial charge < -0.3 is 0 Å². The Morgan fingerprint density at radius 1 is 1.15 bits per heavy atom. The van der Waals surface area contributed by atoms with Gasteiger partial charge in [-0.3, -0.25) is 15.1 Å². The largest absolute Gasteiger partial charge is 0.269 e. The van der Waals surface area contributed by atoms with Crippen LogP contribution in [0.5, 0.6) is 0 Å². The Balaban J connectivity index is 1.93. The van der Waals surface area contributed by atoms with E-state index in [1.54, 1.807) is 18.3 Å². The van der Waals surface area contributed by atoms with Crippen molar-refractivity contribution in [1.82, 2.24) is 0 Å². The number of nitrogens with zero attached hydrogens (tertiary/aromatic N) is 2. The summed E-state index contributed by atoms with van der Waals surface area (Å²) in [7, 11) is 0. The van der Waals surface area contributed by atoms with Crippen molar-refractivity contribution < 1.29 is 4.92 Å². The van der Waals surface area contributed by atoms with Crippen LogP contribution in [0.3, 0.4) is 0 Å². The topological polar surface area (TPSA) is 55.5 Å². The third-order valence-corrected chi connectivity index (χ3v) is 3.41. The zero-order chi connectivity index (χ0) is 13.9.